The van der Waals surface area contributed by atoms with Gasteiger partial charge in [-0.15, -0.1) is 0 Å². The smallest absolute Gasteiger partial charge is 0.336 e. The number of rotatable bonds is 8. The molecule has 2 aliphatic heterocycles. The number of carbonyl (C=O) groups excluding carboxylic acids is 6. The van der Waals surface area contributed by atoms with Crippen molar-refractivity contribution in [1.82, 2.24) is 9.80 Å². The van der Waals surface area contributed by atoms with E-state index < -0.39 is 58.0 Å². The summed E-state index contributed by atoms with van der Waals surface area (Å²) in [5, 5.41) is 17.7. The fourth-order valence-electron chi connectivity index (χ4n) is 3.23. The zero-order valence-electron chi connectivity index (χ0n) is 16.9. The SMILES string of the molecule is CCCC(=O)C(C(=O)O)(C(=O)O)C(=O)CC.CCN1C(=O)C2(C(=O)N(C)C2=O)C1=O. The van der Waals surface area contributed by atoms with Crippen LogP contribution in [0.5, 0.6) is 0 Å². The van der Waals surface area contributed by atoms with Gasteiger partial charge in [-0.3, -0.25) is 48.2 Å². The van der Waals surface area contributed by atoms with Crippen LogP contribution >= 0.6 is 0 Å². The van der Waals surface area contributed by atoms with Gasteiger partial charge in [0, 0.05) is 26.4 Å². The fraction of sp³-hybridized carbons (Fsp3) is 0.556. The molecule has 0 aromatic rings. The van der Waals surface area contributed by atoms with Crippen molar-refractivity contribution in [3.05, 3.63) is 0 Å². The van der Waals surface area contributed by atoms with Gasteiger partial charge < -0.3 is 10.2 Å². The summed E-state index contributed by atoms with van der Waals surface area (Å²) in [5.74, 6) is -8.76. The number of carbonyl (C=O) groups is 8. The third-order valence-electron chi connectivity index (χ3n) is 4.98. The third kappa shape index (κ3) is 2.99. The molecule has 30 heavy (non-hydrogen) atoms. The lowest BCUT2D eigenvalue weighted by molar-refractivity contribution is -0.198. The molecule has 1 spiro atoms. The minimum atomic E-state index is -2.93. The molecule has 0 radical (unpaired) electrons. The highest BCUT2D eigenvalue weighted by molar-refractivity contribution is 6.52. The van der Waals surface area contributed by atoms with Crippen molar-refractivity contribution in [3.8, 4) is 0 Å². The maximum atomic E-state index is 11.6. The van der Waals surface area contributed by atoms with Gasteiger partial charge in [0.25, 0.3) is 34.5 Å². The Hall–Kier alpha value is -3.44. The first kappa shape index (κ1) is 24.6. The molecule has 12 nitrogen and oxygen atoms in total. The summed E-state index contributed by atoms with van der Waals surface area (Å²) in [6.45, 7) is 4.73. The number of hydrogen-bond acceptors (Lipinski definition) is 8. The van der Waals surface area contributed by atoms with Crippen LogP contribution in [0.25, 0.3) is 0 Å². The number of β-lactam (4-membered cyclic amide) rings is 4. The van der Waals surface area contributed by atoms with Gasteiger partial charge in [0.15, 0.2) is 11.6 Å². The van der Waals surface area contributed by atoms with E-state index in [0.717, 1.165) is 9.80 Å². The Morgan fingerprint density at radius 2 is 1.27 bits per heavy atom. The molecule has 2 aliphatic rings. The van der Waals surface area contributed by atoms with Gasteiger partial charge in [0.1, 0.15) is 0 Å². The van der Waals surface area contributed by atoms with Crippen molar-refractivity contribution in [2.75, 3.05) is 13.6 Å². The van der Waals surface area contributed by atoms with Gasteiger partial charge in [-0.05, 0) is 13.3 Å². The second kappa shape index (κ2) is 8.51. The lowest BCUT2D eigenvalue weighted by Crippen LogP contribution is -2.83. The number of carboxylic acids is 2. The second-order valence-corrected chi connectivity index (χ2v) is 6.58. The highest BCUT2D eigenvalue weighted by atomic mass is 16.4. The summed E-state index contributed by atoms with van der Waals surface area (Å²) in [7, 11) is 1.26. The molecule has 12 heteroatoms. The summed E-state index contributed by atoms with van der Waals surface area (Å²) in [6, 6.07) is 0. The van der Waals surface area contributed by atoms with E-state index >= 15 is 0 Å². The third-order valence-corrected chi connectivity index (χ3v) is 4.98. The minimum Gasteiger partial charge on any atom is -0.480 e. The van der Waals surface area contributed by atoms with Gasteiger partial charge in [-0.1, -0.05) is 13.8 Å². The molecule has 164 valence electrons. The van der Waals surface area contributed by atoms with E-state index in [2.05, 4.69) is 0 Å². The molecule has 2 fully saturated rings. The minimum absolute atomic E-state index is 0.198. The normalized spacial score (nSPS) is 17.1. The van der Waals surface area contributed by atoms with Crippen LogP contribution in [0.3, 0.4) is 0 Å². The number of ketones is 2. The van der Waals surface area contributed by atoms with Crippen LogP contribution in [-0.2, 0) is 38.4 Å². The van der Waals surface area contributed by atoms with Crippen LogP contribution in [0, 0.1) is 10.8 Å². The first-order valence-corrected chi connectivity index (χ1v) is 9.07. The lowest BCUT2D eigenvalue weighted by atomic mass is 9.69. The number of Topliss-reactive ketones (excluding diaryl/α,β-unsaturated/α-hetero) is 2. The molecule has 0 bridgehead atoms. The first-order chi connectivity index (χ1) is 13.8. The van der Waals surface area contributed by atoms with E-state index in [1.54, 1.807) is 13.8 Å². The molecule has 0 atom stereocenters. The van der Waals surface area contributed by atoms with Gasteiger partial charge in [-0.25, -0.2) is 0 Å². The van der Waals surface area contributed by atoms with Crippen molar-refractivity contribution in [1.29, 1.82) is 0 Å². The summed E-state index contributed by atoms with van der Waals surface area (Å²) in [4.78, 5) is 92.0. The van der Waals surface area contributed by atoms with Gasteiger partial charge >= 0.3 is 11.9 Å². The Labute approximate surface area is 170 Å². The van der Waals surface area contributed by atoms with Gasteiger partial charge in [0.05, 0.1) is 0 Å². The Balaban J connectivity index is 0.000000301. The molecule has 0 saturated carbocycles. The maximum Gasteiger partial charge on any atom is 0.336 e. The molecular formula is C18H22N2O10. The Morgan fingerprint density at radius 1 is 0.833 bits per heavy atom. The Bertz CT molecular complexity index is 811. The summed E-state index contributed by atoms with van der Waals surface area (Å²) < 4.78 is 0. The average molecular weight is 426 g/mol. The molecule has 2 saturated heterocycles. The van der Waals surface area contributed by atoms with Gasteiger partial charge in [-0.2, -0.15) is 0 Å². The van der Waals surface area contributed by atoms with Crippen molar-refractivity contribution >= 4 is 47.1 Å². The molecule has 2 N–H and O–H groups in total. The Morgan fingerprint density at radius 3 is 1.57 bits per heavy atom. The maximum absolute atomic E-state index is 11.6. The topological polar surface area (TPSA) is 184 Å². The number of imide groups is 2. The van der Waals surface area contributed by atoms with E-state index in [0.29, 0.717) is 0 Å². The summed E-state index contributed by atoms with van der Waals surface area (Å²) >= 11 is 0. The van der Waals surface area contributed by atoms with Crippen LogP contribution in [0.4, 0.5) is 0 Å². The lowest BCUT2D eigenvalue weighted by Gasteiger charge is -2.51. The summed E-state index contributed by atoms with van der Waals surface area (Å²) in [5.41, 5.74) is -4.91. The van der Waals surface area contributed by atoms with Crippen molar-refractivity contribution in [3.63, 3.8) is 0 Å². The molecular weight excluding hydrogens is 404 g/mol. The van der Waals surface area contributed by atoms with E-state index in [9.17, 15) is 38.4 Å². The number of likely N-dealkylation sites (tertiary alicyclic amines) is 2. The second-order valence-electron chi connectivity index (χ2n) is 6.58. The first-order valence-electron chi connectivity index (χ1n) is 9.07. The molecule has 2 heterocycles. The van der Waals surface area contributed by atoms with Crippen LogP contribution in [-0.4, -0.2) is 80.7 Å². The number of carboxylic acid groups (broad SMARTS) is 2. The predicted octanol–water partition coefficient (Wildman–Crippen LogP) is -1.15. The fourth-order valence-corrected chi connectivity index (χ4v) is 3.23. The van der Waals surface area contributed by atoms with Crippen LogP contribution < -0.4 is 0 Å². The zero-order valence-corrected chi connectivity index (χ0v) is 16.9. The van der Waals surface area contributed by atoms with E-state index in [4.69, 9.17) is 10.2 Å². The van der Waals surface area contributed by atoms with Crippen molar-refractivity contribution in [2.45, 2.75) is 40.0 Å². The summed E-state index contributed by atoms with van der Waals surface area (Å²) in [6.07, 6.45) is -0.267. The molecule has 0 aliphatic carbocycles. The molecule has 0 unspecified atom stereocenters. The van der Waals surface area contributed by atoms with E-state index in [1.165, 1.54) is 14.0 Å². The highest BCUT2D eigenvalue weighted by Gasteiger charge is 2.79. The molecule has 0 aromatic carbocycles. The highest BCUT2D eigenvalue weighted by Crippen LogP contribution is 2.43. The monoisotopic (exact) mass is 426 g/mol. The standard InChI is InChI=1S/C10H14O6.C8H8N2O4/c1-3-5-7(12)10(8(13)14,9(15)16)6(11)4-2;1-3-10-6(13)8(7(10)14)4(11)9(2)5(8)12/h3-5H2,1-2H3,(H,13,14)(H,15,16);3H2,1-2H3. The predicted molar refractivity (Wildman–Crippen MR) is 95.5 cm³/mol. The van der Waals surface area contributed by atoms with Crippen molar-refractivity contribution in [2.24, 2.45) is 10.8 Å². The zero-order chi connectivity index (χ0) is 23.6. The van der Waals surface area contributed by atoms with Gasteiger partial charge in [0.2, 0.25) is 0 Å². The number of hydrogen-bond donors (Lipinski definition) is 2. The van der Waals surface area contributed by atoms with Crippen LogP contribution in [0.1, 0.15) is 40.0 Å². The van der Waals surface area contributed by atoms with E-state index in [1.807, 2.05) is 0 Å². The number of amides is 4. The molecule has 0 aromatic heterocycles. The van der Waals surface area contributed by atoms with Crippen LogP contribution in [0.2, 0.25) is 0 Å². The van der Waals surface area contributed by atoms with Crippen LogP contribution in [0.15, 0.2) is 0 Å². The quantitative estimate of drug-likeness (QED) is 0.355. The Kier molecular flexibility index (Phi) is 6.98. The largest absolute Gasteiger partial charge is 0.480 e. The average Bonchev–Trinajstić information content (AvgIpc) is 2.68. The number of aliphatic carboxylic acids is 2. The molecule has 2 rings (SSSR count). The van der Waals surface area contributed by atoms with Crippen molar-refractivity contribution < 1.29 is 48.6 Å². The van der Waals surface area contributed by atoms with E-state index in [-0.39, 0.29) is 25.8 Å². The number of nitrogens with zero attached hydrogens (tertiary/aromatic N) is 2. The molecule has 4 amide bonds.